The molecule has 0 spiro atoms. The van der Waals surface area contributed by atoms with Crippen LogP contribution >= 0.6 is 0 Å². The van der Waals surface area contributed by atoms with Crippen molar-refractivity contribution in [2.24, 2.45) is 0 Å². The summed E-state index contributed by atoms with van der Waals surface area (Å²) < 4.78 is 46.7. The van der Waals surface area contributed by atoms with Crippen molar-refractivity contribution in [1.29, 1.82) is 0 Å². The molecule has 0 aliphatic rings. The van der Waals surface area contributed by atoms with Crippen LogP contribution in [0, 0.1) is 0 Å². The van der Waals surface area contributed by atoms with Gasteiger partial charge in [-0.05, 0) is 36.2 Å². The Kier molecular flexibility index (Phi) is 7.32. The van der Waals surface area contributed by atoms with Gasteiger partial charge in [0, 0.05) is 13.0 Å². The highest BCUT2D eigenvalue weighted by molar-refractivity contribution is 5.75. The molecular weight excluding hydrogens is 347 g/mol. The first-order valence-electron chi connectivity index (χ1n) is 8.15. The summed E-state index contributed by atoms with van der Waals surface area (Å²) in [5, 5.41) is 2.72. The van der Waals surface area contributed by atoms with E-state index in [0.29, 0.717) is 25.0 Å². The van der Waals surface area contributed by atoms with E-state index in [2.05, 4.69) is 10.1 Å². The van der Waals surface area contributed by atoms with Gasteiger partial charge in [0.1, 0.15) is 11.5 Å². The van der Waals surface area contributed by atoms with Crippen LogP contribution in [-0.2, 0) is 11.3 Å². The van der Waals surface area contributed by atoms with Crippen molar-refractivity contribution in [3.8, 4) is 11.5 Å². The van der Waals surface area contributed by atoms with E-state index in [0.717, 1.165) is 5.75 Å². The van der Waals surface area contributed by atoms with E-state index in [4.69, 9.17) is 4.74 Å². The molecule has 0 saturated carbocycles. The second-order valence-electron chi connectivity index (χ2n) is 5.59. The van der Waals surface area contributed by atoms with E-state index in [1.165, 1.54) is 12.1 Å². The highest BCUT2D eigenvalue weighted by atomic mass is 19.4. The fraction of sp³-hybridized carbons (Fsp3) is 0.316. The van der Waals surface area contributed by atoms with Gasteiger partial charge in [0.05, 0.1) is 6.61 Å². The first-order valence-corrected chi connectivity index (χ1v) is 8.15. The quantitative estimate of drug-likeness (QED) is 0.679. The zero-order valence-corrected chi connectivity index (χ0v) is 14.1. The molecule has 0 bridgehead atoms. The molecule has 140 valence electrons. The van der Waals surface area contributed by atoms with Gasteiger partial charge >= 0.3 is 6.18 Å². The molecule has 7 heteroatoms. The van der Waals surface area contributed by atoms with Gasteiger partial charge < -0.3 is 14.8 Å². The summed E-state index contributed by atoms with van der Waals surface area (Å²) in [7, 11) is 0. The smallest absolute Gasteiger partial charge is 0.422 e. The summed E-state index contributed by atoms with van der Waals surface area (Å²) in [5.74, 6) is 0.720. The fourth-order valence-corrected chi connectivity index (χ4v) is 2.14. The SMILES string of the molecule is O=C(CCCOc1ccccc1)NCc1cccc(OCC(F)(F)F)c1. The summed E-state index contributed by atoms with van der Waals surface area (Å²) in [6, 6.07) is 15.5. The monoisotopic (exact) mass is 367 g/mol. The largest absolute Gasteiger partial charge is 0.494 e. The minimum atomic E-state index is -4.38. The van der Waals surface area contributed by atoms with Gasteiger partial charge in [-0.1, -0.05) is 30.3 Å². The molecule has 0 fully saturated rings. The number of nitrogens with one attached hydrogen (secondary N) is 1. The van der Waals surface area contributed by atoms with Crippen LogP contribution in [0.25, 0.3) is 0 Å². The van der Waals surface area contributed by atoms with Crippen LogP contribution in [-0.4, -0.2) is 25.3 Å². The predicted molar refractivity (Wildman–Crippen MR) is 91.0 cm³/mol. The molecule has 2 aromatic rings. The van der Waals surface area contributed by atoms with Crippen LogP contribution in [0.5, 0.6) is 11.5 Å². The van der Waals surface area contributed by atoms with Crippen molar-refractivity contribution in [3.05, 3.63) is 60.2 Å². The van der Waals surface area contributed by atoms with Crippen molar-refractivity contribution >= 4 is 5.91 Å². The lowest BCUT2D eigenvalue weighted by atomic mass is 10.2. The second-order valence-corrected chi connectivity index (χ2v) is 5.59. The lowest BCUT2D eigenvalue weighted by molar-refractivity contribution is -0.153. The summed E-state index contributed by atoms with van der Waals surface area (Å²) in [5.41, 5.74) is 0.665. The van der Waals surface area contributed by atoms with Gasteiger partial charge in [0.25, 0.3) is 0 Å². The Labute approximate surface area is 149 Å². The Morgan fingerprint density at radius 1 is 0.962 bits per heavy atom. The van der Waals surface area contributed by atoms with Crippen LogP contribution in [0.2, 0.25) is 0 Å². The number of carbonyl (C=O) groups is 1. The Hall–Kier alpha value is -2.70. The number of amides is 1. The molecule has 4 nitrogen and oxygen atoms in total. The highest BCUT2D eigenvalue weighted by Crippen LogP contribution is 2.19. The molecule has 0 aromatic heterocycles. The summed E-state index contributed by atoms with van der Waals surface area (Å²) in [6.07, 6.45) is -3.52. The maximum absolute atomic E-state index is 12.2. The van der Waals surface area contributed by atoms with Crippen molar-refractivity contribution in [3.63, 3.8) is 0 Å². The van der Waals surface area contributed by atoms with E-state index in [1.807, 2.05) is 30.3 Å². The number of rotatable bonds is 9. The van der Waals surface area contributed by atoms with E-state index >= 15 is 0 Å². The van der Waals surface area contributed by atoms with E-state index in [9.17, 15) is 18.0 Å². The third kappa shape index (κ3) is 7.92. The number of benzene rings is 2. The Bertz CT molecular complexity index is 690. The van der Waals surface area contributed by atoms with Crippen LogP contribution < -0.4 is 14.8 Å². The van der Waals surface area contributed by atoms with Crippen molar-refractivity contribution in [2.45, 2.75) is 25.6 Å². The molecule has 0 saturated heterocycles. The number of hydrogen-bond donors (Lipinski definition) is 1. The molecule has 2 aromatic carbocycles. The average Bonchev–Trinajstić information content (AvgIpc) is 2.62. The van der Waals surface area contributed by atoms with Crippen LogP contribution in [0.15, 0.2) is 54.6 Å². The number of carbonyl (C=O) groups excluding carboxylic acids is 1. The Morgan fingerprint density at radius 3 is 2.42 bits per heavy atom. The van der Waals surface area contributed by atoms with E-state index in [-0.39, 0.29) is 18.2 Å². The Morgan fingerprint density at radius 2 is 1.69 bits per heavy atom. The first kappa shape index (κ1) is 19.6. The van der Waals surface area contributed by atoms with Crippen molar-refractivity contribution < 1.29 is 27.4 Å². The highest BCUT2D eigenvalue weighted by Gasteiger charge is 2.28. The zero-order valence-electron chi connectivity index (χ0n) is 14.1. The molecule has 2 rings (SSSR count). The molecule has 26 heavy (non-hydrogen) atoms. The minimum Gasteiger partial charge on any atom is -0.494 e. The number of para-hydroxylation sites is 1. The van der Waals surface area contributed by atoms with Gasteiger partial charge in [-0.25, -0.2) is 0 Å². The molecule has 0 heterocycles. The molecule has 0 aliphatic carbocycles. The van der Waals surface area contributed by atoms with Gasteiger partial charge in [-0.2, -0.15) is 13.2 Å². The lowest BCUT2D eigenvalue weighted by Crippen LogP contribution is -2.23. The number of alkyl halides is 3. The third-order valence-corrected chi connectivity index (χ3v) is 3.35. The summed E-state index contributed by atoms with van der Waals surface area (Å²) in [4.78, 5) is 11.8. The van der Waals surface area contributed by atoms with E-state index in [1.54, 1.807) is 12.1 Å². The van der Waals surface area contributed by atoms with Gasteiger partial charge in [0.15, 0.2) is 6.61 Å². The standard InChI is InChI=1S/C19H20F3NO3/c20-19(21,22)14-26-17-9-4-6-15(12-17)13-23-18(24)10-5-11-25-16-7-2-1-3-8-16/h1-4,6-9,12H,5,10-11,13-14H2,(H,23,24). The first-order chi connectivity index (χ1) is 12.4. The molecule has 1 amide bonds. The Balaban J connectivity index is 1.67. The van der Waals surface area contributed by atoms with Gasteiger partial charge in [-0.3, -0.25) is 4.79 Å². The van der Waals surface area contributed by atoms with Crippen LogP contribution in [0.1, 0.15) is 18.4 Å². The van der Waals surface area contributed by atoms with E-state index < -0.39 is 12.8 Å². The van der Waals surface area contributed by atoms with Crippen LogP contribution in [0.4, 0.5) is 13.2 Å². The second kappa shape index (κ2) is 9.70. The minimum absolute atomic E-state index is 0.116. The van der Waals surface area contributed by atoms with Gasteiger partial charge in [0.2, 0.25) is 5.91 Å². The molecule has 0 atom stereocenters. The molecule has 0 aliphatic heterocycles. The topological polar surface area (TPSA) is 47.6 Å². The number of halogens is 3. The third-order valence-electron chi connectivity index (χ3n) is 3.35. The lowest BCUT2D eigenvalue weighted by Gasteiger charge is -2.11. The maximum Gasteiger partial charge on any atom is 0.422 e. The average molecular weight is 367 g/mol. The summed E-state index contributed by atoms with van der Waals surface area (Å²) in [6.45, 7) is -0.690. The predicted octanol–water partition coefficient (Wildman–Crippen LogP) is 4.10. The van der Waals surface area contributed by atoms with Crippen LogP contribution in [0.3, 0.4) is 0 Å². The zero-order chi connectivity index (χ0) is 18.8. The molecule has 1 N–H and O–H groups in total. The van der Waals surface area contributed by atoms with Gasteiger partial charge in [-0.15, -0.1) is 0 Å². The number of ether oxygens (including phenoxy) is 2. The molecular formula is C19H20F3NO3. The number of hydrogen-bond acceptors (Lipinski definition) is 3. The van der Waals surface area contributed by atoms with Crippen molar-refractivity contribution in [2.75, 3.05) is 13.2 Å². The molecule has 0 unspecified atom stereocenters. The summed E-state index contributed by atoms with van der Waals surface area (Å²) >= 11 is 0. The molecule has 0 radical (unpaired) electrons. The maximum atomic E-state index is 12.2. The van der Waals surface area contributed by atoms with Crippen molar-refractivity contribution in [1.82, 2.24) is 5.32 Å². The normalized spacial score (nSPS) is 11.0. The fourth-order valence-electron chi connectivity index (χ4n) is 2.14.